The van der Waals surface area contributed by atoms with Crippen molar-refractivity contribution in [3.8, 4) is 44.6 Å². The van der Waals surface area contributed by atoms with Gasteiger partial charge in [-0.25, -0.2) is 4.98 Å². The van der Waals surface area contributed by atoms with E-state index in [1.165, 1.54) is 66.8 Å². The third-order valence-electron chi connectivity index (χ3n) is 11.6. The molecule has 2 aromatic heterocycles. The summed E-state index contributed by atoms with van der Waals surface area (Å²) in [5.74, 6) is 0. The van der Waals surface area contributed by atoms with E-state index in [9.17, 15) is 0 Å². The predicted octanol–water partition coefficient (Wildman–Crippen LogP) is 12.9. The predicted molar refractivity (Wildman–Crippen MR) is 218 cm³/mol. The summed E-state index contributed by atoms with van der Waals surface area (Å²) >= 11 is 0. The second-order valence-electron chi connectivity index (χ2n) is 15.5. The first-order chi connectivity index (χ1) is 25.3. The average Bonchev–Trinajstić information content (AvgIpc) is 3.58. The number of rotatable bonds is 4. The van der Waals surface area contributed by atoms with E-state index in [0.29, 0.717) is 0 Å². The van der Waals surface area contributed by atoms with Crippen molar-refractivity contribution in [1.29, 1.82) is 0 Å². The molecule has 0 unspecified atom stereocenters. The molecular weight excluding hydrogens is 629 g/mol. The minimum atomic E-state index is -0.163. The SMILES string of the molecule is CC1(C)C2=C(c3ccc(-c4cc(-c5ccccc5)cc(-c5ccccc5)c4)cc31)C(C)(C)c1cc(-c3ccc4ccc5cccnc5c4n3)ccc12. The third kappa shape index (κ3) is 4.57. The van der Waals surface area contributed by atoms with Crippen LogP contribution < -0.4 is 0 Å². The van der Waals surface area contributed by atoms with Gasteiger partial charge < -0.3 is 0 Å². The van der Waals surface area contributed by atoms with Crippen LogP contribution in [0.1, 0.15) is 49.9 Å². The summed E-state index contributed by atoms with van der Waals surface area (Å²) in [5, 5.41) is 2.22. The van der Waals surface area contributed by atoms with E-state index in [1.807, 2.05) is 12.3 Å². The smallest absolute Gasteiger partial charge is 0.0972 e. The number of allylic oxidation sites excluding steroid dienone is 2. The molecule has 0 fully saturated rings. The molecule has 10 rings (SSSR count). The summed E-state index contributed by atoms with van der Waals surface area (Å²) in [4.78, 5) is 9.89. The first-order valence-electron chi connectivity index (χ1n) is 18.2. The van der Waals surface area contributed by atoms with Gasteiger partial charge in [0.05, 0.1) is 16.7 Å². The third-order valence-corrected chi connectivity index (χ3v) is 11.6. The molecule has 2 aliphatic rings. The van der Waals surface area contributed by atoms with Gasteiger partial charge in [-0.05, 0) is 109 Å². The molecule has 0 radical (unpaired) electrons. The lowest BCUT2D eigenvalue weighted by atomic mass is 9.74. The summed E-state index contributed by atoms with van der Waals surface area (Å²) in [6.45, 7) is 9.63. The maximum atomic E-state index is 5.20. The van der Waals surface area contributed by atoms with E-state index >= 15 is 0 Å². The largest absolute Gasteiger partial charge is 0.254 e. The quantitative estimate of drug-likeness (QED) is 0.175. The number of fused-ring (bicyclic) bond motifs is 7. The fourth-order valence-corrected chi connectivity index (χ4v) is 9.01. The minimum Gasteiger partial charge on any atom is -0.254 e. The van der Waals surface area contributed by atoms with Crippen LogP contribution in [-0.4, -0.2) is 9.97 Å². The molecule has 0 atom stereocenters. The van der Waals surface area contributed by atoms with Crippen LogP contribution in [0.2, 0.25) is 0 Å². The molecule has 0 saturated heterocycles. The molecule has 2 nitrogen and oxygen atoms in total. The molecule has 0 aliphatic heterocycles. The number of nitrogens with zero attached hydrogens (tertiary/aromatic N) is 2. The van der Waals surface area contributed by atoms with Gasteiger partial charge in [-0.15, -0.1) is 0 Å². The number of benzene rings is 6. The molecule has 2 heterocycles. The first kappa shape index (κ1) is 30.7. The molecule has 0 bridgehead atoms. The lowest BCUT2D eigenvalue weighted by Crippen LogP contribution is -2.19. The molecule has 0 spiro atoms. The molecule has 0 saturated carbocycles. The van der Waals surface area contributed by atoms with Gasteiger partial charge in [-0.1, -0.05) is 137 Å². The molecular formula is C50H38N2. The van der Waals surface area contributed by atoms with Crippen molar-refractivity contribution in [3.05, 3.63) is 180 Å². The maximum absolute atomic E-state index is 5.20. The number of hydrogen-bond donors (Lipinski definition) is 0. The van der Waals surface area contributed by atoms with E-state index in [2.05, 4.69) is 173 Å². The Hall–Kier alpha value is -6.12. The zero-order valence-electron chi connectivity index (χ0n) is 29.9. The van der Waals surface area contributed by atoms with Crippen LogP contribution in [0.15, 0.2) is 158 Å². The monoisotopic (exact) mass is 666 g/mol. The van der Waals surface area contributed by atoms with E-state index in [0.717, 1.165) is 33.1 Å². The summed E-state index contributed by atoms with van der Waals surface area (Å²) in [5.41, 5.74) is 19.5. The highest BCUT2D eigenvalue weighted by Crippen LogP contribution is 2.63. The molecule has 0 amide bonds. The molecule has 8 aromatic rings. The average molecular weight is 667 g/mol. The van der Waals surface area contributed by atoms with Gasteiger partial charge in [-0.2, -0.15) is 0 Å². The normalized spacial score (nSPS) is 15.2. The van der Waals surface area contributed by atoms with Crippen LogP contribution in [0, 0.1) is 0 Å². The fraction of sp³-hybridized carbons (Fsp3) is 0.120. The van der Waals surface area contributed by atoms with Gasteiger partial charge in [0.25, 0.3) is 0 Å². The lowest BCUT2D eigenvalue weighted by molar-refractivity contribution is 0.694. The second-order valence-corrected chi connectivity index (χ2v) is 15.5. The zero-order chi connectivity index (χ0) is 35.2. The Morgan fingerprint density at radius 1 is 0.385 bits per heavy atom. The lowest BCUT2D eigenvalue weighted by Gasteiger charge is -2.29. The van der Waals surface area contributed by atoms with E-state index in [-0.39, 0.29) is 10.8 Å². The molecule has 2 heteroatoms. The van der Waals surface area contributed by atoms with Crippen LogP contribution in [0.3, 0.4) is 0 Å². The number of pyridine rings is 2. The molecule has 0 N–H and O–H groups in total. The van der Waals surface area contributed by atoms with E-state index in [4.69, 9.17) is 9.97 Å². The van der Waals surface area contributed by atoms with Crippen LogP contribution in [0.4, 0.5) is 0 Å². The Kier molecular flexibility index (Phi) is 6.60. The van der Waals surface area contributed by atoms with Gasteiger partial charge in [-0.3, -0.25) is 4.98 Å². The van der Waals surface area contributed by atoms with Gasteiger partial charge in [0.2, 0.25) is 0 Å². The van der Waals surface area contributed by atoms with Crippen molar-refractivity contribution in [1.82, 2.24) is 9.97 Å². The maximum Gasteiger partial charge on any atom is 0.0972 e. The van der Waals surface area contributed by atoms with Gasteiger partial charge >= 0.3 is 0 Å². The van der Waals surface area contributed by atoms with Crippen LogP contribution in [-0.2, 0) is 10.8 Å². The minimum absolute atomic E-state index is 0.157. The zero-order valence-corrected chi connectivity index (χ0v) is 29.9. The highest BCUT2D eigenvalue weighted by molar-refractivity contribution is 6.10. The van der Waals surface area contributed by atoms with Crippen molar-refractivity contribution >= 4 is 33.0 Å². The number of aromatic nitrogens is 2. The molecule has 52 heavy (non-hydrogen) atoms. The summed E-state index contributed by atoms with van der Waals surface area (Å²) in [7, 11) is 0. The Morgan fingerprint density at radius 3 is 1.48 bits per heavy atom. The van der Waals surface area contributed by atoms with Crippen molar-refractivity contribution in [2.45, 2.75) is 38.5 Å². The summed E-state index contributed by atoms with van der Waals surface area (Å²) in [6, 6.07) is 55.4. The van der Waals surface area contributed by atoms with Gasteiger partial charge in [0, 0.05) is 33.4 Å². The Balaban J connectivity index is 1.06. The van der Waals surface area contributed by atoms with Crippen LogP contribution in [0.5, 0.6) is 0 Å². The summed E-state index contributed by atoms with van der Waals surface area (Å²) in [6.07, 6.45) is 1.85. The topological polar surface area (TPSA) is 25.8 Å². The second kappa shape index (κ2) is 11.2. The van der Waals surface area contributed by atoms with E-state index in [1.54, 1.807) is 0 Å². The Labute approximate surface area is 305 Å². The van der Waals surface area contributed by atoms with Crippen molar-refractivity contribution in [3.63, 3.8) is 0 Å². The van der Waals surface area contributed by atoms with Gasteiger partial charge in [0.1, 0.15) is 0 Å². The first-order valence-corrected chi connectivity index (χ1v) is 18.2. The van der Waals surface area contributed by atoms with Crippen molar-refractivity contribution < 1.29 is 0 Å². The number of hydrogen-bond acceptors (Lipinski definition) is 2. The summed E-state index contributed by atoms with van der Waals surface area (Å²) < 4.78 is 0. The fourth-order valence-electron chi connectivity index (χ4n) is 9.01. The van der Waals surface area contributed by atoms with E-state index < -0.39 is 0 Å². The Bertz CT molecular complexity index is 2710. The standard InChI is InChI=1S/C50H38N2/c1-49(2)42-29-35(39-27-37(31-12-7-5-8-13-31)26-38(28-39)32-14-9-6-10-15-32)19-22-40(42)45-46(49)41-23-20-36(30-43(41)50(45,3)4)44-24-21-34-18-17-33-16-11-25-51-47(33)48(34)52-44/h5-30H,1-4H3. The molecule has 248 valence electrons. The molecule has 2 aliphatic carbocycles. The van der Waals surface area contributed by atoms with Crippen LogP contribution >= 0.6 is 0 Å². The van der Waals surface area contributed by atoms with Crippen LogP contribution in [0.25, 0.3) is 77.6 Å². The van der Waals surface area contributed by atoms with Crippen molar-refractivity contribution in [2.75, 3.05) is 0 Å². The highest BCUT2D eigenvalue weighted by Gasteiger charge is 2.49. The van der Waals surface area contributed by atoms with Gasteiger partial charge in [0.15, 0.2) is 0 Å². The molecule has 6 aromatic carbocycles. The van der Waals surface area contributed by atoms with Crippen molar-refractivity contribution in [2.24, 2.45) is 0 Å². The Morgan fingerprint density at radius 2 is 0.885 bits per heavy atom. The highest BCUT2D eigenvalue weighted by atomic mass is 14.8.